The predicted molar refractivity (Wildman–Crippen MR) is 160 cm³/mol. The van der Waals surface area contributed by atoms with Crippen LogP contribution < -0.4 is 5.32 Å². The zero-order valence-corrected chi connectivity index (χ0v) is 21.9. The van der Waals surface area contributed by atoms with Gasteiger partial charge in [-0.05, 0) is 64.6 Å². The Morgan fingerprint density at radius 3 is 2.27 bits per heavy atom. The first-order chi connectivity index (χ1) is 18.0. The lowest BCUT2D eigenvalue weighted by molar-refractivity contribution is 0.597. The highest BCUT2D eigenvalue weighted by atomic mass is 32.1. The van der Waals surface area contributed by atoms with Gasteiger partial charge in [-0.2, -0.15) is 0 Å². The van der Waals surface area contributed by atoms with E-state index < -0.39 is 0 Å². The second kappa shape index (κ2) is 8.22. The van der Waals surface area contributed by atoms with Crippen molar-refractivity contribution in [2.24, 2.45) is 0 Å². The van der Waals surface area contributed by atoms with E-state index >= 15 is 0 Å². The molecule has 0 spiro atoms. The number of fused-ring (bicyclic) bond motifs is 6. The summed E-state index contributed by atoms with van der Waals surface area (Å²) in [5.74, 6) is 0. The van der Waals surface area contributed by atoms with Crippen molar-refractivity contribution in [2.45, 2.75) is 26.2 Å². The lowest BCUT2D eigenvalue weighted by atomic mass is 9.86. The number of furan rings is 1. The molecule has 7 rings (SSSR count). The predicted octanol–water partition coefficient (Wildman–Crippen LogP) is 10.7. The van der Waals surface area contributed by atoms with Crippen LogP contribution in [0.25, 0.3) is 53.2 Å². The molecule has 7 aromatic rings. The third-order valence-corrected chi connectivity index (χ3v) is 8.39. The summed E-state index contributed by atoms with van der Waals surface area (Å²) in [6, 6.07) is 36.7. The largest absolute Gasteiger partial charge is 0.456 e. The van der Waals surface area contributed by atoms with Crippen LogP contribution >= 0.6 is 11.3 Å². The van der Waals surface area contributed by atoms with Gasteiger partial charge in [0.2, 0.25) is 0 Å². The van der Waals surface area contributed by atoms with Crippen molar-refractivity contribution in [2.75, 3.05) is 5.32 Å². The summed E-state index contributed by atoms with van der Waals surface area (Å²) in [7, 11) is 0. The minimum atomic E-state index is 0.0501. The first-order valence-corrected chi connectivity index (χ1v) is 13.5. The highest BCUT2D eigenvalue weighted by molar-refractivity contribution is 7.26. The van der Waals surface area contributed by atoms with Crippen molar-refractivity contribution in [3.8, 4) is 11.1 Å². The Hall–Kier alpha value is -4.08. The normalized spacial score (nSPS) is 12.2. The lowest BCUT2D eigenvalue weighted by Crippen LogP contribution is -2.11. The molecule has 2 heterocycles. The van der Waals surface area contributed by atoms with E-state index in [9.17, 15) is 0 Å². The number of hydrogen-bond acceptors (Lipinski definition) is 3. The van der Waals surface area contributed by atoms with Gasteiger partial charge in [0.15, 0.2) is 0 Å². The molecule has 0 aliphatic carbocycles. The number of nitrogens with one attached hydrogen (secondary N) is 1. The van der Waals surface area contributed by atoms with E-state index in [1.165, 1.54) is 36.9 Å². The molecular formula is C34H27NOS. The SMILES string of the molecule is CC(C)(C)c1ccc(Nc2ccc3oc4ccccc4c3c2)c2c1sc1ccc(-c3ccccc3)cc12. The Kier molecular flexibility index (Phi) is 4.92. The van der Waals surface area contributed by atoms with Crippen LogP contribution in [0.4, 0.5) is 11.4 Å². The number of benzene rings is 5. The fourth-order valence-corrected chi connectivity index (χ4v) is 6.78. The molecule has 2 aromatic heterocycles. The molecule has 0 amide bonds. The van der Waals surface area contributed by atoms with Gasteiger partial charge in [0.1, 0.15) is 11.2 Å². The van der Waals surface area contributed by atoms with Crippen LogP contribution in [0.3, 0.4) is 0 Å². The maximum atomic E-state index is 6.06. The van der Waals surface area contributed by atoms with Crippen LogP contribution in [0.2, 0.25) is 0 Å². The summed E-state index contributed by atoms with van der Waals surface area (Å²) >= 11 is 1.89. The second-order valence-corrected chi connectivity index (χ2v) is 11.8. The van der Waals surface area contributed by atoms with E-state index in [1.54, 1.807) is 0 Å². The van der Waals surface area contributed by atoms with Gasteiger partial charge in [-0.15, -0.1) is 11.3 Å². The number of rotatable bonds is 3. The summed E-state index contributed by atoms with van der Waals surface area (Å²) in [5.41, 5.74) is 7.93. The van der Waals surface area contributed by atoms with E-state index in [0.717, 1.165) is 33.3 Å². The number of para-hydroxylation sites is 1. The van der Waals surface area contributed by atoms with Crippen molar-refractivity contribution in [1.82, 2.24) is 0 Å². The molecule has 37 heavy (non-hydrogen) atoms. The molecule has 3 heteroatoms. The Balaban J connectivity index is 1.44. The summed E-state index contributed by atoms with van der Waals surface area (Å²) in [5, 5.41) is 8.64. The summed E-state index contributed by atoms with van der Waals surface area (Å²) in [6.07, 6.45) is 0. The molecule has 1 N–H and O–H groups in total. The van der Waals surface area contributed by atoms with Gasteiger partial charge in [0.25, 0.3) is 0 Å². The highest BCUT2D eigenvalue weighted by Gasteiger charge is 2.22. The number of hydrogen-bond donors (Lipinski definition) is 1. The molecule has 0 saturated carbocycles. The first kappa shape index (κ1) is 22.1. The van der Waals surface area contributed by atoms with Crippen LogP contribution in [0, 0.1) is 0 Å². The molecule has 0 bridgehead atoms. The Bertz CT molecular complexity index is 1940. The van der Waals surface area contributed by atoms with Crippen molar-refractivity contribution in [3.05, 3.63) is 109 Å². The molecule has 0 fully saturated rings. The minimum Gasteiger partial charge on any atom is -0.456 e. The third-order valence-electron chi connectivity index (χ3n) is 7.19. The van der Waals surface area contributed by atoms with Crippen LogP contribution in [0.1, 0.15) is 26.3 Å². The molecular weight excluding hydrogens is 470 g/mol. The van der Waals surface area contributed by atoms with Crippen LogP contribution in [0.15, 0.2) is 108 Å². The lowest BCUT2D eigenvalue weighted by Gasteiger charge is -2.21. The van der Waals surface area contributed by atoms with Crippen LogP contribution in [-0.2, 0) is 5.41 Å². The van der Waals surface area contributed by atoms with Gasteiger partial charge >= 0.3 is 0 Å². The summed E-state index contributed by atoms with van der Waals surface area (Å²) < 4.78 is 8.72. The van der Waals surface area contributed by atoms with Gasteiger partial charge in [0, 0.05) is 42.3 Å². The average molecular weight is 498 g/mol. The average Bonchev–Trinajstić information content (AvgIpc) is 3.47. The maximum absolute atomic E-state index is 6.06. The molecule has 0 saturated heterocycles. The molecule has 0 radical (unpaired) electrons. The van der Waals surface area contributed by atoms with Crippen molar-refractivity contribution < 1.29 is 4.42 Å². The van der Waals surface area contributed by atoms with Gasteiger partial charge in [-0.3, -0.25) is 0 Å². The van der Waals surface area contributed by atoms with E-state index in [0.29, 0.717) is 0 Å². The topological polar surface area (TPSA) is 25.2 Å². The van der Waals surface area contributed by atoms with Gasteiger partial charge in [0.05, 0.1) is 0 Å². The molecule has 0 unspecified atom stereocenters. The standard InChI is InChI=1S/C34H27NOS/c1-34(2,3)27-15-16-28(35-23-14-17-30-25(20-23)24-11-7-8-12-29(24)36-30)32-26-19-22(21-9-5-4-6-10-21)13-18-31(26)37-33(27)32/h4-20,35H,1-3H3. The minimum absolute atomic E-state index is 0.0501. The Morgan fingerprint density at radius 2 is 1.43 bits per heavy atom. The Labute approximate surface area is 220 Å². The molecule has 5 aromatic carbocycles. The monoisotopic (exact) mass is 497 g/mol. The molecule has 0 atom stereocenters. The first-order valence-electron chi connectivity index (χ1n) is 12.7. The fraction of sp³-hybridized carbons (Fsp3) is 0.118. The van der Waals surface area contributed by atoms with Crippen molar-refractivity contribution >= 4 is 64.8 Å². The Morgan fingerprint density at radius 1 is 0.649 bits per heavy atom. The van der Waals surface area contributed by atoms with E-state index in [2.05, 4.69) is 117 Å². The van der Waals surface area contributed by atoms with E-state index in [1.807, 2.05) is 23.5 Å². The fourth-order valence-electron chi connectivity index (χ4n) is 5.34. The van der Waals surface area contributed by atoms with Crippen LogP contribution in [-0.4, -0.2) is 0 Å². The smallest absolute Gasteiger partial charge is 0.135 e. The van der Waals surface area contributed by atoms with Crippen molar-refractivity contribution in [1.29, 1.82) is 0 Å². The van der Waals surface area contributed by atoms with Gasteiger partial charge in [-0.25, -0.2) is 0 Å². The van der Waals surface area contributed by atoms with E-state index in [-0.39, 0.29) is 5.41 Å². The number of anilines is 2. The summed E-state index contributed by atoms with van der Waals surface area (Å²) in [4.78, 5) is 0. The molecule has 2 nitrogen and oxygen atoms in total. The van der Waals surface area contributed by atoms with Crippen molar-refractivity contribution in [3.63, 3.8) is 0 Å². The van der Waals surface area contributed by atoms with Crippen LogP contribution in [0.5, 0.6) is 0 Å². The zero-order valence-electron chi connectivity index (χ0n) is 21.1. The van der Waals surface area contributed by atoms with Gasteiger partial charge < -0.3 is 9.73 Å². The number of thiophene rings is 1. The quantitative estimate of drug-likeness (QED) is 0.263. The second-order valence-electron chi connectivity index (χ2n) is 10.7. The van der Waals surface area contributed by atoms with E-state index in [4.69, 9.17) is 4.42 Å². The molecule has 0 aliphatic rings. The maximum Gasteiger partial charge on any atom is 0.135 e. The zero-order chi connectivity index (χ0) is 25.1. The van der Waals surface area contributed by atoms with Gasteiger partial charge in [-0.1, -0.05) is 81.4 Å². The third kappa shape index (κ3) is 3.70. The highest BCUT2D eigenvalue weighted by Crippen LogP contribution is 2.45. The molecule has 0 aliphatic heterocycles. The molecule has 180 valence electrons. The summed E-state index contributed by atoms with van der Waals surface area (Å²) in [6.45, 7) is 6.89.